The number of aromatic nitrogens is 1. The number of hydrogen-bond acceptors (Lipinski definition) is 8. The Labute approximate surface area is 279 Å². The summed E-state index contributed by atoms with van der Waals surface area (Å²) >= 11 is 0. The van der Waals surface area contributed by atoms with E-state index in [4.69, 9.17) is 14.2 Å². The summed E-state index contributed by atoms with van der Waals surface area (Å²) in [6, 6.07) is 3.74. The number of carboxylic acid groups (broad SMARTS) is 1. The van der Waals surface area contributed by atoms with Crippen molar-refractivity contribution in [3.8, 4) is 11.6 Å². The van der Waals surface area contributed by atoms with Gasteiger partial charge in [-0.2, -0.15) is 0 Å². The molecule has 1 unspecified atom stereocenters. The zero-order valence-electron chi connectivity index (χ0n) is 27.7. The quantitative estimate of drug-likeness (QED) is 0.392. The summed E-state index contributed by atoms with van der Waals surface area (Å²) < 4.78 is 17.8. The van der Waals surface area contributed by atoms with E-state index >= 15 is 0 Å². The molecule has 4 heterocycles. The second kappa shape index (κ2) is 13.5. The van der Waals surface area contributed by atoms with Gasteiger partial charge in [0.05, 0.1) is 20.3 Å². The average Bonchev–Trinajstić information content (AvgIpc) is 3.59. The van der Waals surface area contributed by atoms with E-state index in [0.29, 0.717) is 30.9 Å². The second-order valence-electron chi connectivity index (χ2n) is 14.1. The first kappa shape index (κ1) is 33.3. The number of benzene rings is 1. The molecule has 1 aromatic carbocycles. The van der Waals surface area contributed by atoms with Crippen molar-refractivity contribution in [3.63, 3.8) is 0 Å². The molecule has 6 rings (SSSR count). The fourth-order valence-corrected chi connectivity index (χ4v) is 6.90. The van der Waals surface area contributed by atoms with Crippen LogP contribution in [0.5, 0.6) is 11.6 Å². The third-order valence-electron chi connectivity index (χ3n) is 9.83. The van der Waals surface area contributed by atoms with Gasteiger partial charge in [-0.3, -0.25) is 9.59 Å². The normalized spacial score (nSPS) is 30.6. The van der Waals surface area contributed by atoms with Crippen LogP contribution in [0.4, 0.5) is 4.79 Å². The van der Waals surface area contributed by atoms with Crippen molar-refractivity contribution in [2.75, 3.05) is 20.3 Å². The van der Waals surface area contributed by atoms with Gasteiger partial charge in [0.15, 0.2) is 0 Å². The molecule has 1 saturated heterocycles. The van der Waals surface area contributed by atoms with Crippen molar-refractivity contribution in [1.29, 1.82) is 0 Å². The Morgan fingerprint density at radius 1 is 1.15 bits per heavy atom. The Hall–Kier alpha value is -4.61. The van der Waals surface area contributed by atoms with Gasteiger partial charge in [0.1, 0.15) is 29.5 Å². The fraction of sp³-hybridized carbons (Fsp3) is 0.528. The maximum atomic E-state index is 14.3. The van der Waals surface area contributed by atoms with Crippen LogP contribution in [0.3, 0.4) is 0 Å². The van der Waals surface area contributed by atoms with Crippen molar-refractivity contribution in [2.45, 2.75) is 88.9 Å². The molecule has 5 atom stereocenters. The fourth-order valence-electron chi connectivity index (χ4n) is 6.90. The lowest BCUT2D eigenvalue weighted by Gasteiger charge is -2.29. The molecule has 3 aliphatic heterocycles. The Kier molecular flexibility index (Phi) is 9.35. The summed E-state index contributed by atoms with van der Waals surface area (Å²) in [5, 5.41) is 17.3. The van der Waals surface area contributed by atoms with Gasteiger partial charge in [0, 0.05) is 34.9 Å². The molecule has 0 radical (unpaired) electrons. The number of cyclic esters (lactones) is 1. The van der Waals surface area contributed by atoms with Crippen LogP contribution in [0.15, 0.2) is 42.6 Å². The lowest BCUT2D eigenvalue weighted by atomic mass is 9.90. The first-order valence-corrected chi connectivity index (χ1v) is 16.8. The summed E-state index contributed by atoms with van der Waals surface area (Å²) in [6.07, 6.45) is 12.5. The van der Waals surface area contributed by atoms with Crippen LogP contribution >= 0.6 is 0 Å². The van der Waals surface area contributed by atoms with E-state index in [1.54, 1.807) is 13.3 Å². The lowest BCUT2D eigenvalue weighted by Crippen LogP contribution is -2.56. The second-order valence-corrected chi connectivity index (χ2v) is 14.1. The molecule has 256 valence electrons. The van der Waals surface area contributed by atoms with Gasteiger partial charge in [-0.15, -0.1) is 0 Å². The molecule has 12 nitrogen and oxygen atoms in total. The highest BCUT2D eigenvalue weighted by Crippen LogP contribution is 2.45. The standard InChI is InChI=1S/C36H44N4O8/c1-35(2)14-9-10-23-16-26-22(17-29(23)46-3)13-15-37-31(26)48-25-18-28-30(41)39-36(33(43)44)19-24(36)11-7-5-4-6-8-12-27(32(42)40(28)20-25)38-34(45)47-21-35/h7,9-11,13,15-17,24-25,27-28H,4-6,8,12,14,18-21H2,1-3H3,(H,38,45)(H,39,41)(H,43,44)/b10-9+,11-7-/t24?,25-,27+,28+,36-/m1/s1. The van der Waals surface area contributed by atoms with E-state index < -0.39 is 53.0 Å². The zero-order chi connectivity index (χ0) is 34.1. The van der Waals surface area contributed by atoms with Gasteiger partial charge >= 0.3 is 12.1 Å². The van der Waals surface area contributed by atoms with E-state index in [1.165, 1.54) is 4.90 Å². The van der Waals surface area contributed by atoms with Crippen LogP contribution in [0, 0.1) is 11.3 Å². The van der Waals surface area contributed by atoms with Crippen molar-refractivity contribution >= 4 is 40.7 Å². The van der Waals surface area contributed by atoms with Gasteiger partial charge in [0.25, 0.3) is 0 Å². The number of fused-ring (bicyclic) bond motifs is 4. The highest BCUT2D eigenvalue weighted by molar-refractivity contribution is 5.96. The average molecular weight is 661 g/mol. The summed E-state index contributed by atoms with van der Waals surface area (Å²) in [6.45, 7) is 4.13. The SMILES string of the molecule is COc1cc2ccnc3c2cc1/C=C/CC(C)(C)COC(=O)N[C@H]1CCCCC/C=C\C2C[C@@]2(C(=O)O)NC(=O)[C@@H]2C[C@H](CN2C1=O)O3. The summed E-state index contributed by atoms with van der Waals surface area (Å²) in [7, 11) is 1.61. The van der Waals surface area contributed by atoms with Crippen LogP contribution in [-0.2, 0) is 19.1 Å². The number of nitrogens with zero attached hydrogens (tertiary/aromatic N) is 2. The number of nitrogens with one attached hydrogen (secondary N) is 2. The van der Waals surface area contributed by atoms with Crippen LogP contribution in [0.1, 0.15) is 70.8 Å². The number of pyridine rings is 1. The topological polar surface area (TPSA) is 156 Å². The number of methoxy groups -OCH3 is 1. The third kappa shape index (κ3) is 6.97. The van der Waals surface area contributed by atoms with E-state index in [-0.39, 0.29) is 31.9 Å². The molecule has 0 spiro atoms. The van der Waals surface area contributed by atoms with E-state index in [2.05, 4.69) is 15.6 Å². The third-order valence-corrected chi connectivity index (χ3v) is 9.83. The van der Waals surface area contributed by atoms with E-state index in [0.717, 1.165) is 35.6 Å². The maximum Gasteiger partial charge on any atom is 0.407 e. The number of alkyl carbamates (subject to hydrolysis) is 1. The van der Waals surface area contributed by atoms with Gasteiger partial charge in [-0.05, 0) is 55.7 Å². The number of aliphatic carboxylic acids is 1. The number of carbonyl (C=O) groups excluding carboxylic acids is 3. The smallest absolute Gasteiger partial charge is 0.407 e. The molecule has 2 fully saturated rings. The minimum atomic E-state index is -1.43. The molecule has 12 heteroatoms. The summed E-state index contributed by atoms with van der Waals surface area (Å²) in [4.78, 5) is 59.7. The van der Waals surface area contributed by atoms with Crippen molar-refractivity contribution in [1.82, 2.24) is 20.5 Å². The number of hydrogen-bond donors (Lipinski definition) is 3. The first-order chi connectivity index (χ1) is 23.0. The molecular formula is C36H44N4O8. The van der Waals surface area contributed by atoms with E-state index in [9.17, 15) is 24.3 Å². The van der Waals surface area contributed by atoms with Crippen molar-refractivity contribution in [3.05, 3.63) is 48.2 Å². The molecule has 5 bridgehead atoms. The molecule has 1 aromatic heterocycles. The molecule has 48 heavy (non-hydrogen) atoms. The molecule has 3 N–H and O–H groups in total. The molecule has 4 aliphatic rings. The number of ether oxygens (including phenoxy) is 3. The van der Waals surface area contributed by atoms with Crippen LogP contribution < -0.4 is 20.1 Å². The minimum absolute atomic E-state index is 0.0432. The highest BCUT2D eigenvalue weighted by Gasteiger charge is 2.61. The molecule has 2 aromatic rings. The number of rotatable bonds is 2. The van der Waals surface area contributed by atoms with Crippen LogP contribution in [0.25, 0.3) is 16.8 Å². The Balaban J connectivity index is 1.39. The number of carbonyl (C=O) groups is 4. The van der Waals surface area contributed by atoms with Crippen LogP contribution in [0.2, 0.25) is 0 Å². The Morgan fingerprint density at radius 3 is 2.77 bits per heavy atom. The Bertz CT molecular complexity index is 1650. The van der Waals surface area contributed by atoms with Gasteiger partial charge in [-0.25, -0.2) is 14.6 Å². The Morgan fingerprint density at radius 2 is 1.98 bits per heavy atom. The summed E-state index contributed by atoms with van der Waals surface area (Å²) in [5.41, 5.74) is -1.03. The number of allylic oxidation sites excluding steroid dienone is 2. The lowest BCUT2D eigenvalue weighted by molar-refractivity contribution is -0.145. The zero-order valence-corrected chi connectivity index (χ0v) is 27.7. The largest absolute Gasteiger partial charge is 0.496 e. The van der Waals surface area contributed by atoms with Crippen molar-refractivity contribution in [2.24, 2.45) is 11.3 Å². The van der Waals surface area contributed by atoms with Gasteiger partial charge in [-0.1, -0.05) is 51.0 Å². The van der Waals surface area contributed by atoms with Crippen LogP contribution in [-0.4, -0.2) is 82.9 Å². The van der Waals surface area contributed by atoms with Gasteiger partial charge in [0.2, 0.25) is 17.7 Å². The monoisotopic (exact) mass is 660 g/mol. The van der Waals surface area contributed by atoms with Gasteiger partial charge < -0.3 is 34.9 Å². The predicted octanol–water partition coefficient (Wildman–Crippen LogP) is 4.61. The molecular weight excluding hydrogens is 616 g/mol. The first-order valence-electron chi connectivity index (χ1n) is 16.8. The number of carboxylic acids is 1. The molecule has 1 saturated carbocycles. The minimum Gasteiger partial charge on any atom is -0.496 e. The predicted molar refractivity (Wildman–Crippen MR) is 177 cm³/mol. The molecule has 3 amide bonds. The number of amides is 3. The highest BCUT2D eigenvalue weighted by atomic mass is 16.5. The maximum absolute atomic E-state index is 14.3. The summed E-state index contributed by atoms with van der Waals surface area (Å²) in [5.74, 6) is -1.44. The van der Waals surface area contributed by atoms with Crippen molar-refractivity contribution < 1.29 is 38.5 Å². The molecule has 1 aliphatic carbocycles. The van der Waals surface area contributed by atoms with E-state index in [1.807, 2.05) is 56.4 Å².